The fraction of sp³-hybridized carbons (Fsp3) is 0.304. The van der Waals surface area contributed by atoms with E-state index in [1.54, 1.807) is 12.3 Å². The van der Waals surface area contributed by atoms with Crippen molar-refractivity contribution >= 4 is 45.8 Å². The number of nitrogens with zero attached hydrogens (tertiary/aromatic N) is 3. The molecule has 10 heteroatoms. The minimum absolute atomic E-state index is 0.176. The Labute approximate surface area is 201 Å². The highest BCUT2D eigenvalue weighted by molar-refractivity contribution is 6.41. The van der Waals surface area contributed by atoms with E-state index in [-0.39, 0.29) is 12.5 Å². The van der Waals surface area contributed by atoms with Gasteiger partial charge < -0.3 is 20.1 Å². The molecule has 0 radical (unpaired) electrons. The number of rotatable bonds is 9. The monoisotopic (exact) mass is 487 g/mol. The van der Waals surface area contributed by atoms with Crippen molar-refractivity contribution in [3.63, 3.8) is 0 Å². The summed E-state index contributed by atoms with van der Waals surface area (Å²) in [6.45, 7) is 4.40. The van der Waals surface area contributed by atoms with Crippen molar-refractivity contribution in [3.8, 4) is 22.8 Å². The Morgan fingerprint density at radius 1 is 1.18 bits per heavy atom. The van der Waals surface area contributed by atoms with Gasteiger partial charge in [-0.1, -0.05) is 29.8 Å². The molecule has 1 aromatic carbocycles. The van der Waals surface area contributed by atoms with Gasteiger partial charge in [-0.25, -0.2) is 15.0 Å². The Bertz CT molecular complexity index is 1200. The number of carbonyl (C=O) groups is 1. The molecular formula is C23H23Cl2N5O3. The molecule has 1 saturated carbocycles. The molecule has 0 bridgehead atoms. The van der Waals surface area contributed by atoms with Gasteiger partial charge >= 0.3 is 0 Å². The molecule has 3 aromatic rings. The summed E-state index contributed by atoms with van der Waals surface area (Å²) in [6, 6.07) is 3.45. The average Bonchev–Trinajstić information content (AvgIpc) is 3.66. The minimum Gasteiger partial charge on any atom is -0.495 e. The number of aromatic nitrogens is 3. The molecule has 1 fully saturated rings. The number of methoxy groups -OCH3 is 2. The first-order valence-corrected chi connectivity index (χ1v) is 11.1. The van der Waals surface area contributed by atoms with Gasteiger partial charge in [0.25, 0.3) is 0 Å². The smallest absolute Gasteiger partial charge is 0.243 e. The zero-order valence-corrected chi connectivity index (χ0v) is 19.8. The maximum absolute atomic E-state index is 11.5. The van der Waals surface area contributed by atoms with E-state index in [2.05, 4.69) is 27.2 Å². The number of amides is 1. The fourth-order valence-electron chi connectivity index (χ4n) is 3.32. The number of ether oxygens (including phenoxy) is 2. The van der Waals surface area contributed by atoms with Crippen LogP contribution >= 0.6 is 23.2 Å². The lowest BCUT2D eigenvalue weighted by atomic mass is 10.1. The number of nitrogens with one attached hydrogen (secondary N) is 2. The second kappa shape index (κ2) is 9.80. The van der Waals surface area contributed by atoms with Crippen LogP contribution in [0.4, 0.5) is 5.82 Å². The van der Waals surface area contributed by atoms with E-state index in [0.29, 0.717) is 55.9 Å². The molecule has 2 heterocycles. The second-order valence-electron chi connectivity index (χ2n) is 7.61. The van der Waals surface area contributed by atoms with Gasteiger partial charge in [0.05, 0.1) is 36.5 Å². The molecule has 4 rings (SSSR count). The van der Waals surface area contributed by atoms with Gasteiger partial charge in [0.1, 0.15) is 22.8 Å². The first kappa shape index (κ1) is 23.1. The van der Waals surface area contributed by atoms with Gasteiger partial charge in [0.15, 0.2) is 5.82 Å². The van der Waals surface area contributed by atoms with Crippen LogP contribution in [0, 0.1) is 5.92 Å². The van der Waals surface area contributed by atoms with Crippen LogP contribution in [0.1, 0.15) is 18.7 Å². The molecule has 0 unspecified atom stereocenters. The van der Waals surface area contributed by atoms with Gasteiger partial charge in [0.2, 0.25) is 5.91 Å². The maximum atomic E-state index is 11.5. The highest BCUT2D eigenvalue weighted by atomic mass is 35.5. The number of carbonyl (C=O) groups excluding carboxylic acids is 1. The lowest BCUT2D eigenvalue weighted by molar-refractivity contribution is -0.116. The number of pyridine rings is 1. The third-order valence-electron chi connectivity index (χ3n) is 5.31. The quantitative estimate of drug-likeness (QED) is 0.424. The number of hydrogen-bond donors (Lipinski definition) is 2. The van der Waals surface area contributed by atoms with Crippen molar-refractivity contribution in [3.05, 3.63) is 46.9 Å². The Morgan fingerprint density at radius 2 is 1.88 bits per heavy atom. The predicted octanol–water partition coefficient (Wildman–Crippen LogP) is 4.64. The molecular weight excluding hydrogens is 465 g/mol. The predicted molar refractivity (Wildman–Crippen MR) is 129 cm³/mol. The van der Waals surface area contributed by atoms with Crippen molar-refractivity contribution in [1.82, 2.24) is 20.3 Å². The lowest BCUT2D eigenvalue weighted by Crippen LogP contribution is -2.21. The first-order chi connectivity index (χ1) is 15.9. The molecule has 0 aliphatic heterocycles. The van der Waals surface area contributed by atoms with Crippen LogP contribution in [0.3, 0.4) is 0 Å². The molecule has 0 spiro atoms. The summed E-state index contributed by atoms with van der Waals surface area (Å²) < 4.78 is 10.8. The molecule has 1 aliphatic rings. The number of halogens is 2. The van der Waals surface area contributed by atoms with E-state index in [4.69, 9.17) is 37.7 Å². The number of fused-ring (bicyclic) bond motifs is 1. The maximum Gasteiger partial charge on any atom is 0.243 e. The molecule has 172 valence electrons. The van der Waals surface area contributed by atoms with E-state index in [9.17, 15) is 4.79 Å². The first-order valence-electron chi connectivity index (χ1n) is 10.4. The Hall–Kier alpha value is -3.10. The largest absolute Gasteiger partial charge is 0.495 e. The van der Waals surface area contributed by atoms with E-state index < -0.39 is 0 Å². The zero-order valence-electron chi connectivity index (χ0n) is 18.2. The van der Waals surface area contributed by atoms with Gasteiger partial charge in [-0.2, -0.15) is 0 Å². The Balaban J connectivity index is 1.83. The van der Waals surface area contributed by atoms with E-state index in [0.717, 1.165) is 11.9 Å². The van der Waals surface area contributed by atoms with Crippen molar-refractivity contribution in [2.45, 2.75) is 19.4 Å². The zero-order chi connectivity index (χ0) is 23.5. The molecule has 0 atom stereocenters. The molecule has 2 aromatic heterocycles. The van der Waals surface area contributed by atoms with Gasteiger partial charge in [-0.3, -0.25) is 4.79 Å². The average molecular weight is 488 g/mol. The topological polar surface area (TPSA) is 98.3 Å². The van der Waals surface area contributed by atoms with Gasteiger partial charge in [-0.05, 0) is 30.9 Å². The number of hydrogen-bond acceptors (Lipinski definition) is 7. The van der Waals surface area contributed by atoms with Crippen LogP contribution in [-0.2, 0) is 11.3 Å². The fourth-order valence-corrected chi connectivity index (χ4v) is 4.02. The summed E-state index contributed by atoms with van der Waals surface area (Å²) >= 11 is 13.2. The van der Waals surface area contributed by atoms with Crippen molar-refractivity contribution < 1.29 is 14.3 Å². The van der Waals surface area contributed by atoms with Crippen molar-refractivity contribution in [1.29, 1.82) is 0 Å². The third kappa shape index (κ3) is 4.96. The summed E-state index contributed by atoms with van der Waals surface area (Å²) in [6.07, 6.45) is 5.25. The van der Waals surface area contributed by atoms with E-state index >= 15 is 0 Å². The summed E-state index contributed by atoms with van der Waals surface area (Å²) in [5.74, 6) is 2.21. The van der Waals surface area contributed by atoms with Crippen LogP contribution in [0.2, 0.25) is 10.0 Å². The standard InChI is InChI=1S/C23H23Cl2N5O3/c1-4-18(31)27-11-17-26-10-13-7-14(29-23(22(13)30-17)28-9-12-5-6-12)19-20(24)15(32-2)8-16(33-3)21(19)25/h4,7-8,10,12H,1,5-6,9,11H2,2-3H3,(H,27,31)(H,28,29). The summed E-state index contributed by atoms with van der Waals surface area (Å²) in [7, 11) is 3.05. The molecule has 2 N–H and O–H groups in total. The van der Waals surface area contributed by atoms with Crippen molar-refractivity contribution in [2.75, 3.05) is 26.1 Å². The number of benzene rings is 1. The van der Waals surface area contributed by atoms with Crippen LogP contribution in [0.25, 0.3) is 22.2 Å². The van der Waals surface area contributed by atoms with Crippen LogP contribution in [-0.4, -0.2) is 41.6 Å². The lowest BCUT2D eigenvalue weighted by Gasteiger charge is -2.16. The van der Waals surface area contributed by atoms with E-state index in [1.165, 1.54) is 33.1 Å². The highest BCUT2D eigenvalue weighted by Gasteiger charge is 2.24. The highest BCUT2D eigenvalue weighted by Crippen LogP contribution is 2.46. The second-order valence-corrected chi connectivity index (χ2v) is 8.37. The number of anilines is 1. The van der Waals surface area contributed by atoms with Crippen molar-refractivity contribution in [2.24, 2.45) is 5.92 Å². The summed E-state index contributed by atoms with van der Waals surface area (Å²) in [5.41, 5.74) is 1.66. The van der Waals surface area contributed by atoms with E-state index in [1.807, 2.05) is 6.07 Å². The SMILES string of the molecule is C=CC(=O)NCc1ncc2cc(-c3c(Cl)c(OC)cc(OC)c3Cl)nc(NCC3CC3)c2n1. The minimum atomic E-state index is -0.296. The Morgan fingerprint density at radius 3 is 2.48 bits per heavy atom. The molecule has 33 heavy (non-hydrogen) atoms. The van der Waals surface area contributed by atoms with Gasteiger partial charge in [0, 0.05) is 29.8 Å². The molecule has 0 saturated heterocycles. The molecule has 8 nitrogen and oxygen atoms in total. The van der Waals surface area contributed by atoms with Crippen LogP contribution < -0.4 is 20.1 Å². The Kier molecular flexibility index (Phi) is 6.85. The molecule has 1 amide bonds. The third-order valence-corrected chi connectivity index (χ3v) is 6.06. The summed E-state index contributed by atoms with van der Waals surface area (Å²) in [5, 5.41) is 7.49. The van der Waals surface area contributed by atoms with Crippen LogP contribution in [0.5, 0.6) is 11.5 Å². The van der Waals surface area contributed by atoms with Crippen LogP contribution in [0.15, 0.2) is 31.0 Å². The normalized spacial score (nSPS) is 13.0. The van der Waals surface area contributed by atoms with Gasteiger partial charge in [-0.15, -0.1) is 0 Å². The summed E-state index contributed by atoms with van der Waals surface area (Å²) in [4.78, 5) is 25.3. The molecule has 1 aliphatic carbocycles.